The number of rotatable bonds is 5. The van der Waals surface area contributed by atoms with Crippen LogP contribution in [0.5, 0.6) is 17.2 Å². The van der Waals surface area contributed by atoms with E-state index >= 15 is 0 Å². The van der Waals surface area contributed by atoms with Crippen molar-refractivity contribution in [3.8, 4) is 17.2 Å². The number of phenolic OH excluding ortho intramolecular Hbond substituents is 3. The standard InChI is InChI=1S/C15H24O3S.C11H16O3S.C7H8O3S/c1-10-7-11(8-12(13(10)16)19(17)18)15(5,6)9-14(2,3)4;1-7-5-8(11(2,3)4)6-9(10(7)12)15(13)14;1-5-3-2-4-6(7(5)8)11(9)10/h7-8,16H,9H2,1-6H3,(H,17,18);5-6,12H,1-4H3,(H,13,14);2-4,8H,1H3,(H,9,10)/p-3. The van der Waals surface area contributed by atoms with Crippen molar-refractivity contribution in [3.63, 3.8) is 0 Å². The Labute approximate surface area is 275 Å². The van der Waals surface area contributed by atoms with Gasteiger partial charge in [-0.25, -0.2) is 0 Å². The van der Waals surface area contributed by atoms with Gasteiger partial charge in [-0.05, 0) is 123 Å². The normalized spacial score (nSPS) is 13.9. The van der Waals surface area contributed by atoms with E-state index in [1.807, 2.05) is 32.9 Å². The molecule has 3 unspecified atom stereocenters. The minimum atomic E-state index is -2.42. The Balaban J connectivity index is 0.000000350. The van der Waals surface area contributed by atoms with Crippen LogP contribution < -0.4 is 0 Å². The van der Waals surface area contributed by atoms with Crippen LogP contribution in [0.2, 0.25) is 0 Å². The van der Waals surface area contributed by atoms with Crippen LogP contribution in [-0.4, -0.2) is 41.6 Å². The van der Waals surface area contributed by atoms with Crippen LogP contribution in [-0.2, 0) is 44.1 Å². The van der Waals surface area contributed by atoms with Crippen molar-refractivity contribution in [2.75, 3.05) is 0 Å². The van der Waals surface area contributed by atoms with Gasteiger partial charge in [-0.3, -0.25) is 12.6 Å². The summed E-state index contributed by atoms with van der Waals surface area (Å²) in [6, 6.07) is 11.4. The van der Waals surface area contributed by atoms with Crippen LogP contribution in [0.1, 0.15) is 89.6 Å². The number of hydrogen-bond donors (Lipinski definition) is 3. The molecule has 0 fully saturated rings. The molecule has 3 atom stereocenters. The summed E-state index contributed by atoms with van der Waals surface area (Å²) in [6.45, 7) is 21.7. The SMILES string of the molecule is Cc1cc(C(C)(C)C)cc(S(=O)[O-])c1O.Cc1cc(C(C)(C)CC(C)(C)C)cc(S(=O)[O-])c1O.Cc1cccc(S(=O)[O-])c1O. The molecule has 0 saturated heterocycles. The number of benzene rings is 3. The first-order valence-corrected chi connectivity index (χ1v) is 17.3. The van der Waals surface area contributed by atoms with Crippen LogP contribution >= 0.6 is 0 Å². The minimum absolute atomic E-state index is 0.0167. The second kappa shape index (κ2) is 15.8. The fourth-order valence-corrected chi connectivity index (χ4v) is 6.36. The second-order valence-corrected chi connectivity index (χ2v) is 16.5. The van der Waals surface area contributed by atoms with E-state index in [0.717, 1.165) is 17.5 Å². The average Bonchev–Trinajstić information content (AvgIpc) is 2.86. The van der Waals surface area contributed by atoms with Gasteiger partial charge in [0.05, 0.1) is 14.7 Å². The fourth-order valence-electron chi connectivity index (χ4n) is 4.77. The van der Waals surface area contributed by atoms with Crippen molar-refractivity contribution in [2.24, 2.45) is 5.41 Å². The van der Waals surface area contributed by atoms with Crippen molar-refractivity contribution in [1.82, 2.24) is 0 Å². The molecular weight excluding hydrogens is 637 g/mol. The monoisotopic (exact) mass is 681 g/mol. The highest BCUT2D eigenvalue weighted by atomic mass is 32.2. The maximum Gasteiger partial charge on any atom is 0.133 e. The van der Waals surface area contributed by atoms with Gasteiger partial charge in [-0.1, -0.05) is 79.7 Å². The Morgan fingerprint density at radius 3 is 1.31 bits per heavy atom. The molecule has 3 rings (SSSR count). The van der Waals surface area contributed by atoms with Crippen LogP contribution in [0.15, 0.2) is 57.2 Å². The van der Waals surface area contributed by atoms with Gasteiger partial charge in [0.1, 0.15) is 17.2 Å². The van der Waals surface area contributed by atoms with Crippen LogP contribution in [0.3, 0.4) is 0 Å². The molecule has 0 aliphatic heterocycles. The molecule has 12 heteroatoms. The van der Waals surface area contributed by atoms with Crippen LogP contribution in [0.25, 0.3) is 0 Å². The van der Waals surface area contributed by atoms with E-state index in [0.29, 0.717) is 16.7 Å². The first-order valence-electron chi connectivity index (χ1n) is 14.0. The first kappa shape index (κ1) is 40.4. The molecular formula is C33H45O9S3-3. The van der Waals surface area contributed by atoms with Crippen molar-refractivity contribution in [3.05, 3.63) is 70.3 Å². The van der Waals surface area contributed by atoms with Gasteiger partial charge in [-0.15, -0.1) is 0 Å². The number of aryl methyl sites for hydroxylation is 3. The molecule has 0 bridgehead atoms. The summed E-state index contributed by atoms with van der Waals surface area (Å²) in [6.07, 6.45) is 0.926. The predicted octanol–water partition coefficient (Wildman–Crippen LogP) is 6.83. The Bertz CT molecular complexity index is 1570. The Morgan fingerprint density at radius 1 is 0.578 bits per heavy atom. The maximum absolute atomic E-state index is 11.2. The maximum atomic E-state index is 11.2. The Hall–Kier alpha value is -2.61. The topological polar surface area (TPSA) is 181 Å². The highest BCUT2D eigenvalue weighted by molar-refractivity contribution is 7.79. The lowest BCUT2D eigenvalue weighted by Crippen LogP contribution is -2.25. The smallest absolute Gasteiger partial charge is 0.133 e. The molecule has 3 N–H and O–H groups in total. The van der Waals surface area contributed by atoms with Crippen LogP contribution in [0, 0.1) is 26.2 Å². The van der Waals surface area contributed by atoms with E-state index in [-0.39, 0.29) is 48.2 Å². The van der Waals surface area contributed by atoms with Crippen molar-refractivity contribution < 1.29 is 41.6 Å². The summed E-state index contributed by atoms with van der Waals surface area (Å²) in [5, 5.41) is 28.5. The lowest BCUT2D eigenvalue weighted by atomic mass is 9.72. The quantitative estimate of drug-likeness (QED) is 0.243. The molecule has 0 aromatic heterocycles. The second-order valence-electron chi connectivity index (χ2n) is 13.8. The lowest BCUT2D eigenvalue weighted by Gasteiger charge is -2.33. The summed E-state index contributed by atoms with van der Waals surface area (Å²) in [4.78, 5) is -0.0955. The molecule has 0 spiro atoms. The van der Waals surface area contributed by atoms with Gasteiger partial charge in [0.15, 0.2) is 0 Å². The number of phenols is 3. The molecule has 0 aliphatic rings. The molecule has 0 amide bonds. The summed E-state index contributed by atoms with van der Waals surface area (Å²) in [7, 11) is 0. The zero-order valence-electron chi connectivity index (χ0n) is 27.8. The third kappa shape index (κ3) is 11.9. The summed E-state index contributed by atoms with van der Waals surface area (Å²) < 4.78 is 65.0. The number of aromatic hydroxyl groups is 3. The minimum Gasteiger partial charge on any atom is -0.768 e. The third-order valence-corrected chi connectivity index (χ3v) is 8.92. The van der Waals surface area contributed by atoms with Gasteiger partial charge in [0.2, 0.25) is 0 Å². The summed E-state index contributed by atoms with van der Waals surface area (Å²) in [5.74, 6) is -0.471. The van der Waals surface area contributed by atoms with Gasteiger partial charge < -0.3 is 29.0 Å². The van der Waals surface area contributed by atoms with Crippen molar-refractivity contribution in [1.29, 1.82) is 0 Å². The Morgan fingerprint density at radius 2 is 0.956 bits per heavy atom. The number of hydrogen-bond acceptors (Lipinski definition) is 9. The summed E-state index contributed by atoms with van der Waals surface area (Å²) >= 11 is -7.17. The largest absolute Gasteiger partial charge is 0.768 e. The Kier molecular flexibility index (Phi) is 14.2. The third-order valence-electron chi connectivity index (χ3n) is 6.89. The van der Waals surface area contributed by atoms with E-state index < -0.39 is 33.2 Å². The molecule has 0 heterocycles. The zero-order valence-corrected chi connectivity index (χ0v) is 30.2. The van der Waals surface area contributed by atoms with Gasteiger partial charge in [0.25, 0.3) is 0 Å². The van der Waals surface area contributed by atoms with Crippen molar-refractivity contribution >= 4 is 33.2 Å². The van der Waals surface area contributed by atoms with E-state index in [2.05, 4.69) is 34.6 Å². The molecule has 252 valence electrons. The van der Waals surface area contributed by atoms with E-state index in [1.165, 1.54) is 12.1 Å². The average molecular weight is 682 g/mol. The summed E-state index contributed by atoms with van der Waals surface area (Å²) in [5.41, 5.74) is 3.45. The fraction of sp³-hybridized carbons (Fsp3) is 0.455. The van der Waals surface area contributed by atoms with E-state index in [4.69, 9.17) is 0 Å². The molecule has 0 saturated carbocycles. The van der Waals surface area contributed by atoms with E-state index in [1.54, 1.807) is 39.0 Å². The number of para-hydroxylation sites is 1. The molecule has 0 radical (unpaired) electrons. The molecule has 45 heavy (non-hydrogen) atoms. The highest BCUT2D eigenvalue weighted by Crippen LogP contribution is 2.39. The highest BCUT2D eigenvalue weighted by Gasteiger charge is 2.28. The predicted molar refractivity (Wildman–Crippen MR) is 176 cm³/mol. The van der Waals surface area contributed by atoms with Gasteiger partial charge in [0, 0.05) is 0 Å². The van der Waals surface area contributed by atoms with E-state index in [9.17, 15) is 41.6 Å². The molecule has 0 aliphatic carbocycles. The first-order chi connectivity index (χ1) is 20.3. The van der Waals surface area contributed by atoms with Gasteiger partial charge >= 0.3 is 0 Å². The van der Waals surface area contributed by atoms with Crippen LogP contribution in [0.4, 0.5) is 0 Å². The lowest BCUT2D eigenvalue weighted by molar-refractivity contribution is 0.283. The molecule has 9 nitrogen and oxygen atoms in total. The molecule has 3 aromatic rings. The van der Waals surface area contributed by atoms with Crippen molar-refractivity contribution in [2.45, 2.75) is 108 Å². The van der Waals surface area contributed by atoms with Gasteiger partial charge in [-0.2, -0.15) is 0 Å². The zero-order chi connectivity index (χ0) is 35.2. The molecule has 3 aromatic carbocycles.